The van der Waals surface area contributed by atoms with Gasteiger partial charge in [0.15, 0.2) is 0 Å². The summed E-state index contributed by atoms with van der Waals surface area (Å²) >= 11 is 0. The molecule has 2 aliphatic rings. The lowest BCUT2D eigenvalue weighted by Gasteiger charge is -2.37. The van der Waals surface area contributed by atoms with Gasteiger partial charge in [0.25, 0.3) is 5.91 Å². The average molecular weight is 444 g/mol. The van der Waals surface area contributed by atoms with Crippen molar-refractivity contribution in [2.24, 2.45) is 0 Å². The Morgan fingerprint density at radius 2 is 1.88 bits per heavy atom. The highest BCUT2D eigenvalue weighted by Crippen LogP contribution is 2.34. The van der Waals surface area contributed by atoms with Gasteiger partial charge in [0.05, 0.1) is 11.8 Å². The highest BCUT2D eigenvalue weighted by molar-refractivity contribution is 6.34. The van der Waals surface area contributed by atoms with E-state index in [9.17, 15) is 9.90 Å². The van der Waals surface area contributed by atoms with E-state index in [-0.39, 0.29) is 5.91 Å². The number of aliphatic hydroxyl groups excluding tert-OH is 1. The summed E-state index contributed by atoms with van der Waals surface area (Å²) in [7, 11) is 4.24. The first-order valence-corrected chi connectivity index (χ1v) is 11.4. The number of fused-ring (bicyclic) bond motifs is 1. The minimum atomic E-state index is -0.625. The summed E-state index contributed by atoms with van der Waals surface area (Å²) in [6.07, 6.45) is 4.96. The summed E-state index contributed by atoms with van der Waals surface area (Å²) in [6, 6.07) is 18.1. The largest absolute Gasteiger partial charge is 0.464 e. The lowest BCUT2D eigenvalue weighted by atomic mass is 10.0. The minimum absolute atomic E-state index is 0.127. The van der Waals surface area contributed by atoms with Crippen LogP contribution in [0.2, 0.25) is 0 Å². The first-order valence-electron chi connectivity index (χ1n) is 11.4. The highest BCUT2D eigenvalue weighted by atomic mass is 16.3. The van der Waals surface area contributed by atoms with Gasteiger partial charge < -0.3 is 19.7 Å². The summed E-state index contributed by atoms with van der Waals surface area (Å²) in [4.78, 5) is 16.8. The number of nitrogens with one attached hydrogen (secondary N) is 1. The zero-order chi connectivity index (χ0) is 22.9. The Bertz CT molecular complexity index is 1190. The summed E-state index contributed by atoms with van der Waals surface area (Å²) in [5, 5.41) is 13.9. The van der Waals surface area contributed by atoms with Gasteiger partial charge in [-0.1, -0.05) is 36.4 Å². The zero-order valence-corrected chi connectivity index (χ0v) is 19.0. The molecule has 0 saturated carbocycles. The molecule has 1 unspecified atom stereocenters. The van der Waals surface area contributed by atoms with Gasteiger partial charge in [0.2, 0.25) is 0 Å². The number of piperidine rings is 1. The van der Waals surface area contributed by atoms with Crippen LogP contribution in [0.3, 0.4) is 0 Å². The average Bonchev–Trinajstić information content (AvgIpc) is 3.43. The predicted molar refractivity (Wildman–Crippen MR) is 130 cm³/mol. The molecule has 6 heteroatoms. The number of benzene rings is 2. The van der Waals surface area contributed by atoms with Crippen molar-refractivity contribution in [1.82, 2.24) is 9.80 Å². The maximum atomic E-state index is 12.4. The maximum absolute atomic E-state index is 12.4. The molecule has 3 aromatic rings. The molecule has 1 saturated heterocycles. The summed E-state index contributed by atoms with van der Waals surface area (Å²) in [6.45, 7) is 1.75. The van der Waals surface area contributed by atoms with Crippen molar-refractivity contribution >= 4 is 23.2 Å². The lowest BCUT2D eigenvalue weighted by molar-refractivity contribution is -0.110. The highest BCUT2D eigenvalue weighted by Gasteiger charge is 2.26. The van der Waals surface area contributed by atoms with Gasteiger partial charge in [-0.05, 0) is 62.3 Å². The Morgan fingerprint density at radius 1 is 1.09 bits per heavy atom. The van der Waals surface area contributed by atoms with E-state index in [1.807, 2.05) is 54.6 Å². The molecule has 6 nitrogen and oxygen atoms in total. The Balaban J connectivity index is 1.34. The van der Waals surface area contributed by atoms with Crippen LogP contribution in [0.25, 0.3) is 22.8 Å². The second kappa shape index (κ2) is 8.98. The zero-order valence-electron chi connectivity index (χ0n) is 19.0. The van der Waals surface area contributed by atoms with Gasteiger partial charge in [-0.2, -0.15) is 0 Å². The number of likely N-dealkylation sites (tertiary alicyclic amines) is 1. The van der Waals surface area contributed by atoms with Gasteiger partial charge in [-0.25, -0.2) is 0 Å². The smallest absolute Gasteiger partial charge is 0.256 e. The fourth-order valence-electron chi connectivity index (χ4n) is 4.74. The monoisotopic (exact) mass is 443 g/mol. The number of para-hydroxylation sites is 1. The number of hydrogen-bond donors (Lipinski definition) is 2. The standard InChI is InChI=1S/C27H29N3O3/c1-29(2)21-10-12-30(13-11-21)27(32)19-7-5-6-18(14-19)20-15-22(33-17-20)16-24-23-8-3-4-9-25(23)28-26(24)31/h3-9,14-17,21,27,32H,10-13H2,1-2H3,(H,28,31)/b24-16+. The van der Waals surface area contributed by atoms with Crippen LogP contribution < -0.4 is 5.32 Å². The van der Waals surface area contributed by atoms with Gasteiger partial charge in [-0.3, -0.25) is 9.69 Å². The van der Waals surface area contributed by atoms with Crippen LogP contribution in [0, 0.1) is 0 Å². The van der Waals surface area contributed by atoms with Crippen molar-refractivity contribution in [1.29, 1.82) is 0 Å². The van der Waals surface area contributed by atoms with Crippen LogP contribution in [0.15, 0.2) is 65.3 Å². The van der Waals surface area contributed by atoms with E-state index in [0.29, 0.717) is 17.4 Å². The van der Waals surface area contributed by atoms with Gasteiger partial charge >= 0.3 is 0 Å². The van der Waals surface area contributed by atoms with Crippen LogP contribution in [0.1, 0.15) is 36.0 Å². The van der Waals surface area contributed by atoms with E-state index in [1.165, 1.54) is 0 Å². The number of furan rings is 1. The third-order valence-electron chi connectivity index (χ3n) is 6.71. The normalized spacial score (nSPS) is 19.2. The van der Waals surface area contributed by atoms with Crippen molar-refractivity contribution in [3.63, 3.8) is 0 Å². The number of amides is 1. The second-order valence-corrected chi connectivity index (χ2v) is 9.03. The first-order chi connectivity index (χ1) is 16.0. The molecule has 2 N–H and O–H groups in total. The first kappa shape index (κ1) is 21.6. The molecular weight excluding hydrogens is 414 g/mol. The van der Waals surface area contributed by atoms with Crippen LogP contribution in [0.4, 0.5) is 5.69 Å². The molecule has 1 amide bonds. The Kier molecular flexibility index (Phi) is 5.89. The van der Waals surface area contributed by atoms with Gasteiger partial charge in [0.1, 0.15) is 12.0 Å². The van der Waals surface area contributed by atoms with Gasteiger partial charge in [-0.15, -0.1) is 0 Å². The molecule has 5 rings (SSSR count). The van der Waals surface area contributed by atoms with Crippen LogP contribution in [-0.4, -0.2) is 54.0 Å². The SMILES string of the molecule is CN(C)C1CCN(C(O)c2cccc(-c3coc(/C=C4/C(=O)Nc5ccccc54)c3)c2)CC1. The number of rotatable bonds is 5. The number of anilines is 1. The molecule has 3 heterocycles. The van der Waals surface area contributed by atoms with E-state index in [2.05, 4.69) is 29.2 Å². The quantitative estimate of drug-likeness (QED) is 0.570. The van der Waals surface area contributed by atoms with E-state index < -0.39 is 6.23 Å². The molecule has 33 heavy (non-hydrogen) atoms. The summed E-state index contributed by atoms with van der Waals surface area (Å²) < 4.78 is 5.76. The summed E-state index contributed by atoms with van der Waals surface area (Å²) in [5.74, 6) is 0.487. The fourth-order valence-corrected chi connectivity index (χ4v) is 4.74. The molecule has 0 bridgehead atoms. The summed E-state index contributed by atoms with van der Waals surface area (Å²) in [5.41, 5.74) is 5.05. The molecule has 1 aromatic heterocycles. The number of carbonyl (C=O) groups is 1. The molecule has 2 aromatic carbocycles. The van der Waals surface area contributed by atoms with E-state index in [0.717, 1.165) is 53.9 Å². The van der Waals surface area contributed by atoms with Crippen molar-refractivity contribution < 1.29 is 14.3 Å². The van der Waals surface area contributed by atoms with E-state index >= 15 is 0 Å². The Hall–Kier alpha value is -3.19. The molecule has 0 aliphatic carbocycles. The molecule has 1 fully saturated rings. The van der Waals surface area contributed by atoms with Crippen LogP contribution >= 0.6 is 0 Å². The molecule has 1 atom stereocenters. The van der Waals surface area contributed by atoms with E-state index in [1.54, 1.807) is 12.3 Å². The second-order valence-electron chi connectivity index (χ2n) is 9.03. The Morgan fingerprint density at radius 3 is 2.67 bits per heavy atom. The van der Waals surface area contributed by atoms with Crippen molar-refractivity contribution in [2.75, 3.05) is 32.5 Å². The van der Waals surface area contributed by atoms with Crippen LogP contribution in [0.5, 0.6) is 0 Å². The topological polar surface area (TPSA) is 69.0 Å². The molecule has 2 aliphatic heterocycles. The molecule has 0 radical (unpaired) electrons. The third-order valence-corrected chi connectivity index (χ3v) is 6.71. The van der Waals surface area contributed by atoms with Crippen molar-refractivity contribution in [3.05, 3.63) is 77.7 Å². The van der Waals surface area contributed by atoms with Gasteiger partial charge in [0, 0.05) is 35.9 Å². The number of aliphatic hydroxyl groups is 1. The molecular formula is C27H29N3O3. The number of hydrogen-bond acceptors (Lipinski definition) is 5. The maximum Gasteiger partial charge on any atom is 0.256 e. The number of carbonyl (C=O) groups excluding carboxylic acids is 1. The fraction of sp³-hybridized carbons (Fsp3) is 0.296. The van der Waals surface area contributed by atoms with Crippen molar-refractivity contribution in [3.8, 4) is 11.1 Å². The van der Waals surface area contributed by atoms with E-state index in [4.69, 9.17) is 4.42 Å². The predicted octanol–water partition coefficient (Wildman–Crippen LogP) is 4.46. The molecule has 170 valence electrons. The van der Waals surface area contributed by atoms with Crippen molar-refractivity contribution in [2.45, 2.75) is 25.1 Å². The molecule has 0 spiro atoms. The number of nitrogens with zero attached hydrogens (tertiary/aromatic N) is 2. The third kappa shape index (κ3) is 4.37. The lowest BCUT2D eigenvalue weighted by Crippen LogP contribution is -2.43. The van der Waals surface area contributed by atoms with Crippen LogP contribution in [-0.2, 0) is 4.79 Å². The minimum Gasteiger partial charge on any atom is -0.464 e. The Labute approximate surface area is 194 Å².